The fraction of sp³-hybridized carbons (Fsp3) is 0.455. The minimum absolute atomic E-state index is 0.155. The quantitative estimate of drug-likeness (QED) is 0.712. The number of rotatable bonds is 3. The standard InChI is InChI=1S/C22H29NO/c1-21(2,3)15-22(4,5)18-11-12-20-17(13-18)14-23(16-24-20)19-9-7-6-8-10-19/h6-13H,14-16H2,1-5H3. The number of anilines is 1. The minimum atomic E-state index is 0.155. The van der Waals surface area contributed by atoms with E-state index in [1.54, 1.807) is 0 Å². The molecule has 0 bridgehead atoms. The van der Waals surface area contributed by atoms with Gasteiger partial charge in [-0.1, -0.05) is 58.9 Å². The van der Waals surface area contributed by atoms with Crippen LogP contribution in [-0.2, 0) is 12.0 Å². The summed E-state index contributed by atoms with van der Waals surface area (Å²) in [5, 5.41) is 0. The lowest BCUT2D eigenvalue weighted by Gasteiger charge is -2.35. The molecule has 0 aromatic heterocycles. The molecule has 0 atom stereocenters. The molecule has 0 fully saturated rings. The van der Waals surface area contributed by atoms with Gasteiger partial charge in [0, 0.05) is 17.8 Å². The lowest BCUT2D eigenvalue weighted by molar-refractivity contribution is 0.279. The lowest BCUT2D eigenvalue weighted by atomic mass is 9.72. The number of hydrogen-bond donors (Lipinski definition) is 0. The van der Waals surface area contributed by atoms with Crippen molar-refractivity contribution in [1.29, 1.82) is 0 Å². The van der Waals surface area contributed by atoms with Gasteiger partial charge >= 0.3 is 0 Å². The highest BCUT2D eigenvalue weighted by Gasteiger charge is 2.28. The summed E-state index contributed by atoms with van der Waals surface area (Å²) in [7, 11) is 0. The summed E-state index contributed by atoms with van der Waals surface area (Å²) in [4.78, 5) is 2.28. The summed E-state index contributed by atoms with van der Waals surface area (Å²) in [5.41, 5.74) is 4.36. The van der Waals surface area contributed by atoms with Gasteiger partial charge in [0.1, 0.15) is 5.75 Å². The zero-order valence-electron chi connectivity index (χ0n) is 15.6. The van der Waals surface area contributed by atoms with E-state index in [2.05, 4.69) is 88.0 Å². The van der Waals surface area contributed by atoms with Gasteiger partial charge in [-0.15, -0.1) is 0 Å². The molecule has 0 saturated carbocycles. The van der Waals surface area contributed by atoms with Crippen LogP contribution < -0.4 is 9.64 Å². The maximum atomic E-state index is 5.98. The second-order valence-corrected chi connectivity index (χ2v) is 8.75. The fourth-order valence-electron chi connectivity index (χ4n) is 3.90. The van der Waals surface area contributed by atoms with E-state index in [0.29, 0.717) is 12.1 Å². The molecule has 0 N–H and O–H groups in total. The molecule has 0 amide bonds. The Labute approximate surface area is 146 Å². The molecule has 0 unspecified atom stereocenters. The van der Waals surface area contributed by atoms with E-state index in [1.165, 1.54) is 16.8 Å². The maximum Gasteiger partial charge on any atom is 0.161 e. The monoisotopic (exact) mass is 323 g/mol. The molecule has 0 radical (unpaired) electrons. The molecule has 1 aliphatic rings. The van der Waals surface area contributed by atoms with E-state index in [4.69, 9.17) is 4.74 Å². The summed E-state index contributed by atoms with van der Waals surface area (Å²) in [6, 6.07) is 17.2. The topological polar surface area (TPSA) is 12.5 Å². The highest BCUT2D eigenvalue weighted by molar-refractivity contribution is 5.50. The lowest BCUT2D eigenvalue weighted by Crippen LogP contribution is -2.32. The molecule has 24 heavy (non-hydrogen) atoms. The second-order valence-electron chi connectivity index (χ2n) is 8.75. The molecular formula is C22H29NO. The molecule has 0 aliphatic carbocycles. The first-order valence-corrected chi connectivity index (χ1v) is 8.81. The average Bonchev–Trinajstić information content (AvgIpc) is 2.52. The van der Waals surface area contributed by atoms with Gasteiger partial charge < -0.3 is 9.64 Å². The van der Waals surface area contributed by atoms with Crippen molar-refractivity contribution in [2.24, 2.45) is 5.41 Å². The third-order valence-electron chi connectivity index (χ3n) is 4.67. The summed E-state index contributed by atoms with van der Waals surface area (Å²) < 4.78 is 5.98. The number of hydrogen-bond acceptors (Lipinski definition) is 2. The minimum Gasteiger partial charge on any atom is -0.473 e. The van der Waals surface area contributed by atoms with Crippen molar-refractivity contribution < 1.29 is 4.74 Å². The van der Waals surface area contributed by atoms with Crippen LogP contribution in [0.15, 0.2) is 48.5 Å². The van der Waals surface area contributed by atoms with Gasteiger partial charge in [0.05, 0.1) is 0 Å². The molecule has 2 aromatic carbocycles. The van der Waals surface area contributed by atoms with Crippen LogP contribution in [0.5, 0.6) is 5.75 Å². The summed E-state index contributed by atoms with van der Waals surface area (Å²) in [5.74, 6) is 1.03. The number of fused-ring (bicyclic) bond motifs is 1. The van der Waals surface area contributed by atoms with Gasteiger partial charge in [-0.2, -0.15) is 0 Å². The van der Waals surface area contributed by atoms with Crippen LogP contribution in [0.25, 0.3) is 0 Å². The van der Waals surface area contributed by atoms with Crippen molar-refractivity contribution >= 4 is 5.69 Å². The predicted octanol–water partition coefficient (Wildman–Crippen LogP) is 5.76. The van der Waals surface area contributed by atoms with E-state index in [1.807, 2.05) is 0 Å². The normalized spacial score (nSPS) is 15.0. The first-order chi connectivity index (χ1) is 11.2. The molecular weight excluding hydrogens is 294 g/mol. The van der Waals surface area contributed by atoms with Gasteiger partial charge in [0.15, 0.2) is 6.73 Å². The zero-order valence-corrected chi connectivity index (χ0v) is 15.6. The van der Waals surface area contributed by atoms with Crippen molar-refractivity contribution in [2.45, 2.75) is 53.0 Å². The van der Waals surface area contributed by atoms with Crippen molar-refractivity contribution in [1.82, 2.24) is 0 Å². The van der Waals surface area contributed by atoms with E-state index in [-0.39, 0.29) is 5.41 Å². The summed E-state index contributed by atoms with van der Waals surface area (Å²) in [6.45, 7) is 13.1. The Morgan fingerprint density at radius 3 is 2.33 bits per heavy atom. The molecule has 2 aromatic rings. The predicted molar refractivity (Wildman–Crippen MR) is 102 cm³/mol. The summed E-state index contributed by atoms with van der Waals surface area (Å²) >= 11 is 0. The average molecular weight is 323 g/mol. The number of nitrogens with zero attached hydrogens (tertiary/aromatic N) is 1. The number of para-hydroxylation sites is 1. The highest BCUT2D eigenvalue weighted by Crippen LogP contribution is 2.38. The second kappa shape index (κ2) is 6.16. The number of benzene rings is 2. The molecule has 128 valence electrons. The van der Waals surface area contributed by atoms with Gasteiger partial charge in [-0.25, -0.2) is 0 Å². The molecule has 1 heterocycles. The Kier molecular flexibility index (Phi) is 4.33. The van der Waals surface area contributed by atoms with Crippen LogP contribution in [0.1, 0.15) is 52.2 Å². The Hall–Kier alpha value is -1.96. The first kappa shape index (κ1) is 16.9. The van der Waals surface area contributed by atoms with Gasteiger partial charge in [0.2, 0.25) is 0 Å². The Morgan fingerprint density at radius 2 is 1.67 bits per heavy atom. The van der Waals surface area contributed by atoms with Crippen molar-refractivity contribution in [3.8, 4) is 5.75 Å². The highest BCUT2D eigenvalue weighted by atomic mass is 16.5. The van der Waals surface area contributed by atoms with Crippen LogP contribution in [0.4, 0.5) is 5.69 Å². The van der Waals surface area contributed by atoms with Crippen molar-refractivity contribution in [2.75, 3.05) is 11.6 Å². The van der Waals surface area contributed by atoms with Crippen molar-refractivity contribution in [3.63, 3.8) is 0 Å². The molecule has 0 saturated heterocycles. The Balaban J connectivity index is 1.86. The molecule has 2 nitrogen and oxygen atoms in total. The van der Waals surface area contributed by atoms with E-state index < -0.39 is 0 Å². The maximum absolute atomic E-state index is 5.98. The van der Waals surface area contributed by atoms with Gasteiger partial charge in [0.25, 0.3) is 0 Å². The van der Waals surface area contributed by atoms with Crippen LogP contribution in [0.2, 0.25) is 0 Å². The third kappa shape index (κ3) is 3.75. The van der Waals surface area contributed by atoms with Crippen LogP contribution in [0, 0.1) is 5.41 Å². The molecule has 2 heteroatoms. The van der Waals surface area contributed by atoms with Crippen molar-refractivity contribution in [3.05, 3.63) is 59.7 Å². The van der Waals surface area contributed by atoms with Gasteiger partial charge in [-0.05, 0) is 47.1 Å². The Bertz CT molecular complexity index is 698. The third-order valence-corrected chi connectivity index (χ3v) is 4.67. The first-order valence-electron chi connectivity index (χ1n) is 8.81. The van der Waals surface area contributed by atoms with E-state index in [0.717, 1.165) is 18.7 Å². The summed E-state index contributed by atoms with van der Waals surface area (Å²) in [6.07, 6.45) is 1.15. The fourth-order valence-corrected chi connectivity index (χ4v) is 3.90. The zero-order chi connectivity index (χ0) is 17.4. The van der Waals surface area contributed by atoms with Crippen LogP contribution in [-0.4, -0.2) is 6.73 Å². The SMILES string of the molecule is CC(C)(C)CC(C)(C)c1ccc2c(c1)CN(c1ccccc1)CO2. The van der Waals surface area contributed by atoms with Crippen LogP contribution in [0.3, 0.4) is 0 Å². The molecule has 0 spiro atoms. The Morgan fingerprint density at radius 1 is 0.958 bits per heavy atom. The molecule has 3 rings (SSSR count). The molecule has 1 aliphatic heterocycles. The van der Waals surface area contributed by atoms with E-state index >= 15 is 0 Å². The van der Waals surface area contributed by atoms with E-state index in [9.17, 15) is 0 Å². The number of ether oxygens (including phenoxy) is 1. The largest absolute Gasteiger partial charge is 0.473 e. The van der Waals surface area contributed by atoms with Gasteiger partial charge in [-0.3, -0.25) is 0 Å². The van der Waals surface area contributed by atoms with Crippen LogP contribution >= 0.6 is 0 Å². The smallest absolute Gasteiger partial charge is 0.161 e.